The van der Waals surface area contributed by atoms with Crippen molar-refractivity contribution in [3.63, 3.8) is 0 Å². The number of nitrogens with one attached hydrogen (secondary N) is 1. The highest BCUT2D eigenvalue weighted by atomic mass is 32.1. The van der Waals surface area contributed by atoms with Crippen LogP contribution >= 0.6 is 11.3 Å². The van der Waals surface area contributed by atoms with Crippen LogP contribution in [0, 0.1) is 5.82 Å². The van der Waals surface area contributed by atoms with E-state index in [0.717, 1.165) is 0 Å². The van der Waals surface area contributed by atoms with Gasteiger partial charge in [-0.05, 0) is 24.3 Å². The predicted octanol–water partition coefficient (Wildman–Crippen LogP) is 2.21. The van der Waals surface area contributed by atoms with Crippen LogP contribution in [0.5, 0.6) is 5.75 Å². The third-order valence-corrected chi connectivity index (χ3v) is 2.74. The minimum Gasteiger partial charge on any atom is -0.486 e. The lowest BCUT2D eigenvalue weighted by atomic mass is 10.3. The van der Waals surface area contributed by atoms with Crippen molar-refractivity contribution in [2.24, 2.45) is 0 Å². The highest BCUT2D eigenvalue weighted by Crippen LogP contribution is 2.18. The molecule has 0 aliphatic heterocycles. The molecular weight excluding hydrogens is 257 g/mol. The summed E-state index contributed by atoms with van der Waals surface area (Å²) in [5, 5.41) is 11.2. The normalized spacial score (nSPS) is 10.1. The van der Waals surface area contributed by atoms with Gasteiger partial charge in [0, 0.05) is 6.92 Å². The molecular formula is C11H10FN3O2S. The van der Waals surface area contributed by atoms with Crippen LogP contribution in [-0.4, -0.2) is 16.1 Å². The van der Waals surface area contributed by atoms with Gasteiger partial charge in [-0.1, -0.05) is 11.3 Å². The SMILES string of the molecule is CC(=O)Nc1nnc(COc2ccc(F)cc2)s1. The van der Waals surface area contributed by atoms with Gasteiger partial charge >= 0.3 is 0 Å². The van der Waals surface area contributed by atoms with Crippen molar-refractivity contribution in [2.45, 2.75) is 13.5 Å². The van der Waals surface area contributed by atoms with Crippen molar-refractivity contribution in [1.82, 2.24) is 10.2 Å². The summed E-state index contributed by atoms with van der Waals surface area (Å²) in [4.78, 5) is 10.8. The molecule has 1 heterocycles. The summed E-state index contributed by atoms with van der Waals surface area (Å²) >= 11 is 1.23. The Kier molecular flexibility index (Phi) is 3.83. The molecule has 2 rings (SSSR count). The maximum absolute atomic E-state index is 12.7. The fourth-order valence-electron chi connectivity index (χ4n) is 1.19. The lowest BCUT2D eigenvalue weighted by Gasteiger charge is -2.02. The summed E-state index contributed by atoms with van der Waals surface area (Å²) in [6.45, 7) is 1.62. The number of amides is 1. The first kappa shape index (κ1) is 12.4. The van der Waals surface area contributed by atoms with Gasteiger partial charge in [-0.25, -0.2) is 4.39 Å². The molecule has 0 fully saturated rings. The molecule has 0 aliphatic carbocycles. The minimum absolute atomic E-state index is 0.197. The number of hydrogen-bond donors (Lipinski definition) is 1. The molecule has 5 nitrogen and oxygen atoms in total. The van der Waals surface area contributed by atoms with Crippen molar-refractivity contribution in [3.8, 4) is 5.75 Å². The van der Waals surface area contributed by atoms with Crippen LogP contribution in [-0.2, 0) is 11.4 Å². The first-order valence-electron chi connectivity index (χ1n) is 5.12. The van der Waals surface area contributed by atoms with E-state index in [4.69, 9.17) is 4.74 Å². The molecule has 0 saturated carbocycles. The van der Waals surface area contributed by atoms with Crippen molar-refractivity contribution in [2.75, 3.05) is 5.32 Å². The van der Waals surface area contributed by atoms with Crippen LogP contribution in [0.15, 0.2) is 24.3 Å². The fraction of sp³-hybridized carbons (Fsp3) is 0.182. The van der Waals surface area contributed by atoms with Crippen LogP contribution in [0.25, 0.3) is 0 Å². The summed E-state index contributed by atoms with van der Waals surface area (Å²) in [5.74, 6) is 0.0380. The smallest absolute Gasteiger partial charge is 0.223 e. The Balaban J connectivity index is 1.92. The Labute approximate surface area is 107 Å². The third-order valence-electron chi connectivity index (χ3n) is 1.93. The molecule has 1 N–H and O–H groups in total. The topological polar surface area (TPSA) is 64.1 Å². The van der Waals surface area contributed by atoms with Gasteiger partial charge < -0.3 is 10.1 Å². The Morgan fingerprint density at radius 1 is 1.39 bits per heavy atom. The van der Waals surface area contributed by atoms with Gasteiger partial charge in [0.05, 0.1) is 0 Å². The lowest BCUT2D eigenvalue weighted by molar-refractivity contribution is -0.114. The Morgan fingerprint density at radius 3 is 2.78 bits per heavy atom. The molecule has 0 bridgehead atoms. The first-order valence-corrected chi connectivity index (χ1v) is 5.93. The zero-order chi connectivity index (χ0) is 13.0. The number of carbonyl (C=O) groups excluding carboxylic acids is 1. The van der Waals surface area contributed by atoms with E-state index in [2.05, 4.69) is 15.5 Å². The van der Waals surface area contributed by atoms with Crippen molar-refractivity contribution in [1.29, 1.82) is 0 Å². The number of hydrogen-bond acceptors (Lipinski definition) is 5. The average Bonchev–Trinajstić information content (AvgIpc) is 2.75. The van der Waals surface area contributed by atoms with E-state index in [1.54, 1.807) is 0 Å². The third kappa shape index (κ3) is 3.49. The van der Waals surface area contributed by atoms with Crippen LogP contribution in [0.1, 0.15) is 11.9 Å². The molecule has 0 radical (unpaired) electrons. The zero-order valence-corrected chi connectivity index (χ0v) is 10.3. The second-order valence-electron chi connectivity index (χ2n) is 3.42. The van der Waals surface area contributed by atoms with Gasteiger partial charge in [0.25, 0.3) is 0 Å². The summed E-state index contributed by atoms with van der Waals surface area (Å²) in [6.07, 6.45) is 0. The van der Waals surface area contributed by atoms with Gasteiger partial charge in [-0.15, -0.1) is 10.2 Å². The van der Waals surface area contributed by atoms with Crippen LogP contribution in [0.2, 0.25) is 0 Å². The largest absolute Gasteiger partial charge is 0.486 e. The van der Waals surface area contributed by atoms with Crippen molar-refractivity contribution >= 4 is 22.4 Å². The molecule has 7 heteroatoms. The fourth-order valence-corrected chi connectivity index (χ4v) is 1.89. The molecule has 0 aliphatic rings. The van der Waals surface area contributed by atoms with E-state index in [9.17, 15) is 9.18 Å². The molecule has 1 amide bonds. The van der Waals surface area contributed by atoms with E-state index in [-0.39, 0.29) is 18.3 Å². The molecule has 0 spiro atoms. The van der Waals surface area contributed by atoms with E-state index >= 15 is 0 Å². The molecule has 94 valence electrons. The van der Waals surface area contributed by atoms with Crippen LogP contribution < -0.4 is 10.1 Å². The molecule has 18 heavy (non-hydrogen) atoms. The van der Waals surface area contributed by atoms with Gasteiger partial charge in [-0.2, -0.15) is 0 Å². The number of benzene rings is 1. The maximum Gasteiger partial charge on any atom is 0.223 e. The summed E-state index contributed by atoms with van der Waals surface area (Å²) in [7, 11) is 0. The van der Waals surface area contributed by atoms with Gasteiger partial charge in [0.1, 0.15) is 18.2 Å². The Morgan fingerprint density at radius 2 is 2.11 bits per heavy atom. The minimum atomic E-state index is -0.314. The van der Waals surface area contributed by atoms with Crippen LogP contribution in [0.4, 0.5) is 9.52 Å². The summed E-state index contributed by atoms with van der Waals surface area (Å²) in [6, 6.07) is 5.70. The summed E-state index contributed by atoms with van der Waals surface area (Å²) < 4.78 is 18.1. The highest BCUT2D eigenvalue weighted by molar-refractivity contribution is 7.15. The Hall–Kier alpha value is -2.02. The van der Waals surface area contributed by atoms with Crippen molar-refractivity contribution < 1.29 is 13.9 Å². The number of anilines is 1. The van der Waals surface area contributed by atoms with Gasteiger partial charge in [0.2, 0.25) is 11.0 Å². The van der Waals surface area contributed by atoms with E-state index in [1.165, 1.54) is 42.5 Å². The van der Waals surface area contributed by atoms with Gasteiger partial charge in [0.15, 0.2) is 5.01 Å². The summed E-state index contributed by atoms with van der Waals surface area (Å²) in [5.41, 5.74) is 0. The average molecular weight is 267 g/mol. The van der Waals surface area contributed by atoms with E-state index in [1.807, 2.05) is 0 Å². The monoisotopic (exact) mass is 267 g/mol. The molecule has 0 saturated heterocycles. The number of halogens is 1. The Bertz CT molecular complexity index is 541. The van der Waals surface area contributed by atoms with Gasteiger partial charge in [-0.3, -0.25) is 4.79 Å². The van der Waals surface area contributed by atoms with E-state index in [0.29, 0.717) is 15.9 Å². The molecule has 2 aromatic rings. The zero-order valence-electron chi connectivity index (χ0n) is 9.51. The second-order valence-corrected chi connectivity index (χ2v) is 4.49. The van der Waals surface area contributed by atoms with Crippen LogP contribution in [0.3, 0.4) is 0 Å². The molecule has 1 aromatic carbocycles. The second kappa shape index (κ2) is 5.54. The number of carbonyl (C=O) groups is 1. The quantitative estimate of drug-likeness (QED) is 0.922. The number of ether oxygens (including phenoxy) is 1. The molecule has 1 aromatic heterocycles. The lowest BCUT2D eigenvalue weighted by Crippen LogP contribution is -2.04. The predicted molar refractivity (Wildman–Crippen MR) is 64.9 cm³/mol. The van der Waals surface area contributed by atoms with E-state index < -0.39 is 0 Å². The number of aromatic nitrogens is 2. The van der Waals surface area contributed by atoms with Crippen molar-refractivity contribution in [3.05, 3.63) is 35.1 Å². The first-order chi connectivity index (χ1) is 8.63. The number of nitrogens with zero attached hydrogens (tertiary/aromatic N) is 2. The number of rotatable bonds is 4. The maximum atomic E-state index is 12.7. The highest BCUT2D eigenvalue weighted by Gasteiger charge is 2.06. The molecule has 0 atom stereocenters. The molecule has 0 unspecified atom stereocenters. The standard InChI is InChI=1S/C11H10FN3O2S/c1-7(16)13-11-15-14-10(18-11)6-17-9-4-2-8(12)3-5-9/h2-5H,6H2,1H3,(H,13,15,16).